The van der Waals surface area contributed by atoms with Crippen LogP contribution in [-0.4, -0.2) is 46.9 Å². The van der Waals surface area contributed by atoms with Gasteiger partial charge in [0.2, 0.25) is 5.91 Å². The third-order valence-electron chi connectivity index (χ3n) is 5.12. The van der Waals surface area contributed by atoms with Crippen molar-refractivity contribution in [2.45, 2.75) is 13.1 Å². The molecule has 160 valence electrons. The Morgan fingerprint density at radius 3 is 2.55 bits per heavy atom. The molecule has 1 N–H and O–H groups in total. The molecule has 0 spiro atoms. The molecule has 3 aromatic rings. The highest BCUT2D eigenvalue weighted by molar-refractivity contribution is 6.30. The number of pyridine rings is 1. The standard InChI is InChI=1S/C22H23ClN6O2/c23-17-4-3-6-19(14-17)27-10-12-28(13-11-27)20-7-8-22(31)29(26-20)16-21(30)25-15-18-5-1-2-9-24-18/h1-9,14H,10-13,15-16H2,(H,25,30). The van der Waals surface area contributed by atoms with Crippen molar-refractivity contribution in [3.8, 4) is 0 Å². The van der Waals surface area contributed by atoms with Crippen molar-refractivity contribution in [2.24, 2.45) is 0 Å². The summed E-state index contributed by atoms with van der Waals surface area (Å²) in [5, 5.41) is 7.90. The quantitative estimate of drug-likeness (QED) is 0.633. The number of nitrogens with one attached hydrogen (secondary N) is 1. The molecule has 3 heterocycles. The van der Waals surface area contributed by atoms with E-state index in [9.17, 15) is 9.59 Å². The van der Waals surface area contributed by atoms with Gasteiger partial charge in [-0.2, -0.15) is 5.10 Å². The molecule has 0 saturated carbocycles. The predicted molar refractivity (Wildman–Crippen MR) is 120 cm³/mol. The van der Waals surface area contributed by atoms with Crippen LogP contribution in [-0.2, 0) is 17.9 Å². The van der Waals surface area contributed by atoms with E-state index in [1.54, 1.807) is 12.3 Å². The number of amides is 1. The molecular formula is C22H23ClN6O2. The average Bonchev–Trinajstić information content (AvgIpc) is 2.80. The van der Waals surface area contributed by atoms with Crippen LogP contribution in [0.25, 0.3) is 0 Å². The molecule has 4 rings (SSSR count). The van der Waals surface area contributed by atoms with Gasteiger partial charge < -0.3 is 15.1 Å². The topological polar surface area (TPSA) is 83.4 Å². The molecule has 2 aromatic heterocycles. The summed E-state index contributed by atoms with van der Waals surface area (Å²) in [6, 6.07) is 16.5. The second kappa shape index (κ2) is 9.61. The van der Waals surface area contributed by atoms with Crippen molar-refractivity contribution in [1.82, 2.24) is 20.1 Å². The Morgan fingerprint density at radius 2 is 1.81 bits per heavy atom. The molecule has 0 bridgehead atoms. The summed E-state index contributed by atoms with van der Waals surface area (Å²) in [7, 11) is 0. The van der Waals surface area contributed by atoms with E-state index >= 15 is 0 Å². The first-order valence-corrected chi connectivity index (χ1v) is 10.5. The van der Waals surface area contributed by atoms with Gasteiger partial charge >= 0.3 is 0 Å². The summed E-state index contributed by atoms with van der Waals surface area (Å²) in [4.78, 5) is 33.0. The fraction of sp³-hybridized carbons (Fsp3) is 0.273. The zero-order valence-corrected chi connectivity index (χ0v) is 17.7. The summed E-state index contributed by atoms with van der Waals surface area (Å²) in [5.41, 5.74) is 1.53. The summed E-state index contributed by atoms with van der Waals surface area (Å²) < 4.78 is 1.20. The number of hydrogen-bond donors (Lipinski definition) is 1. The largest absolute Gasteiger partial charge is 0.368 e. The van der Waals surface area contributed by atoms with E-state index in [-0.39, 0.29) is 18.0 Å². The second-order valence-corrected chi connectivity index (χ2v) is 7.68. The van der Waals surface area contributed by atoms with E-state index in [1.807, 2.05) is 42.5 Å². The third kappa shape index (κ3) is 5.40. The van der Waals surface area contributed by atoms with E-state index < -0.39 is 0 Å². The molecule has 0 atom stereocenters. The number of piperazine rings is 1. The molecule has 1 amide bonds. The fourth-order valence-corrected chi connectivity index (χ4v) is 3.65. The number of nitrogens with zero attached hydrogens (tertiary/aromatic N) is 5. The Morgan fingerprint density at radius 1 is 1.00 bits per heavy atom. The lowest BCUT2D eigenvalue weighted by atomic mass is 10.2. The molecule has 8 nitrogen and oxygen atoms in total. The van der Waals surface area contributed by atoms with Gasteiger partial charge in [0.1, 0.15) is 12.4 Å². The third-order valence-corrected chi connectivity index (χ3v) is 5.35. The molecular weight excluding hydrogens is 416 g/mol. The number of hydrogen-bond acceptors (Lipinski definition) is 6. The van der Waals surface area contributed by atoms with E-state index in [0.717, 1.165) is 42.6 Å². The van der Waals surface area contributed by atoms with Crippen LogP contribution < -0.4 is 20.7 Å². The van der Waals surface area contributed by atoms with Crippen LogP contribution in [0.3, 0.4) is 0 Å². The number of rotatable bonds is 6. The lowest BCUT2D eigenvalue weighted by Crippen LogP contribution is -2.47. The summed E-state index contributed by atoms with van der Waals surface area (Å²) in [6.07, 6.45) is 1.67. The molecule has 1 saturated heterocycles. The zero-order valence-electron chi connectivity index (χ0n) is 16.9. The molecule has 0 aliphatic carbocycles. The SMILES string of the molecule is O=C(Cn1nc(N2CCN(c3cccc(Cl)c3)CC2)ccc1=O)NCc1ccccn1. The summed E-state index contributed by atoms with van der Waals surface area (Å²) in [6.45, 7) is 3.30. The van der Waals surface area contributed by atoms with Crippen molar-refractivity contribution >= 4 is 29.0 Å². The summed E-state index contributed by atoms with van der Waals surface area (Å²) >= 11 is 6.10. The molecule has 1 aliphatic heterocycles. The van der Waals surface area contributed by atoms with E-state index in [1.165, 1.54) is 10.7 Å². The normalized spacial score (nSPS) is 13.8. The number of halogens is 1. The predicted octanol–water partition coefficient (Wildman–Crippen LogP) is 1.93. The minimum absolute atomic E-state index is 0.137. The van der Waals surface area contributed by atoms with Gasteiger partial charge in [0.15, 0.2) is 0 Å². The molecule has 0 radical (unpaired) electrons. The minimum Gasteiger partial charge on any atom is -0.368 e. The van der Waals surface area contributed by atoms with Crippen molar-refractivity contribution < 1.29 is 4.79 Å². The van der Waals surface area contributed by atoms with Gasteiger partial charge in [-0.1, -0.05) is 23.7 Å². The van der Waals surface area contributed by atoms with Crippen molar-refractivity contribution in [1.29, 1.82) is 0 Å². The van der Waals surface area contributed by atoms with Gasteiger partial charge in [-0.05, 0) is 36.4 Å². The van der Waals surface area contributed by atoms with E-state index in [2.05, 4.69) is 25.2 Å². The molecule has 1 aliphatic rings. The maximum atomic E-state index is 12.3. The number of benzene rings is 1. The number of anilines is 2. The first kappa shape index (κ1) is 20.9. The van der Waals surface area contributed by atoms with Gasteiger partial charge in [-0.3, -0.25) is 14.6 Å². The maximum absolute atomic E-state index is 12.3. The molecule has 1 fully saturated rings. The first-order valence-electron chi connectivity index (χ1n) is 10.1. The van der Waals surface area contributed by atoms with Crippen molar-refractivity contribution in [3.63, 3.8) is 0 Å². The molecule has 0 unspecified atom stereocenters. The number of aromatic nitrogens is 3. The molecule has 1 aromatic carbocycles. The van der Waals surface area contributed by atoms with Crippen molar-refractivity contribution in [2.75, 3.05) is 36.0 Å². The Balaban J connectivity index is 1.36. The van der Waals surface area contributed by atoms with Crippen LogP contribution in [0.1, 0.15) is 5.69 Å². The van der Waals surface area contributed by atoms with Crippen LogP contribution in [0.4, 0.5) is 11.5 Å². The Labute approximate surface area is 185 Å². The number of carbonyl (C=O) groups is 1. The monoisotopic (exact) mass is 438 g/mol. The zero-order chi connectivity index (χ0) is 21.6. The Kier molecular flexibility index (Phi) is 6.47. The second-order valence-electron chi connectivity index (χ2n) is 7.24. The highest BCUT2D eigenvalue weighted by atomic mass is 35.5. The minimum atomic E-state index is -0.311. The highest BCUT2D eigenvalue weighted by Crippen LogP contribution is 2.22. The molecule has 31 heavy (non-hydrogen) atoms. The van der Waals surface area contributed by atoms with Gasteiger partial charge in [0.25, 0.3) is 5.56 Å². The van der Waals surface area contributed by atoms with Crippen LogP contribution in [0.15, 0.2) is 65.6 Å². The van der Waals surface area contributed by atoms with Crippen LogP contribution in [0.2, 0.25) is 5.02 Å². The maximum Gasteiger partial charge on any atom is 0.267 e. The lowest BCUT2D eigenvalue weighted by molar-refractivity contribution is -0.122. The lowest BCUT2D eigenvalue weighted by Gasteiger charge is -2.36. The van der Waals surface area contributed by atoms with Crippen LogP contribution >= 0.6 is 11.6 Å². The van der Waals surface area contributed by atoms with E-state index in [4.69, 9.17) is 11.6 Å². The highest BCUT2D eigenvalue weighted by Gasteiger charge is 2.19. The van der Waals surface area contributed by atoms with Gasteiger partial charge in [0.05, 0.1) is 12.2 Å². The van der Waals surface area contributed by atoms with Gasteiger partial charge in [0, 0.05) is 49.2 Å². The summed E-state index contributed by atoms with van der Waals surface area (Å²) in [5.74, 6) is 0.394. The first-order chi connectivity index (χ1) is 15.1. The fourth-order valence-electron chi connectivity index (χ4n) is 3.47. The van der Waals surface area contributed by atoms with Crippen LogP contribution in [0, 0.1) is 0 Å². The Bertz CT molecular complexity index is 1100. The van der Waals surface area contributed by atoms with Crippen molar-refractivity contribution in [3.05, 3.63) is 81.9 Å². The number of carbonyl (C=O) groups excluding carboxylic acids is 1. The van der Waals surface area contributed by atoms with E-state index in [0.29, 0.717) is 12.4 Å². The van der Waals surface area contributed by atoms with Gasteiger partial charge in [-0.25, -0.2) is 4.68 Å². The van der Waals surface area contributed by atoms with Gasteiger partial charge in [-0.15, -0.1) is 0 Å². The smallest absolute Gasteiger partial charge is 0.267 e. The Hall–Kier alpha value is -3.39. The van der Waals surface area contributed by atoms with Crippen LogP contribution in [0.5, 0.6) is 0 Å². The average molecular weight is 439 g/mol. The molecule has 9 heteroatoms.